The molecule has 1 aromatic carbocycles. The van der Waals surface area contributed by atoms with E-state index in [0.29, 0.717) is 0 Å². The summed E-state index contributed by atoms with van der Waals surface area (Å²) in [6.45, 7) is 36.7. The van der Waals surface area contributed by atoms with Crippen molar-refractivity contribution in [2.45, 2.75) is 0 Å². The Hall–Kier alpha value is -2.47. The summed E-state index contributed by atoms with van der Waals surface area (Å²) in [5.41, 5.74) is 17.9. The molecule has 0 heterocycles. The predicted octanol–water partition coefficient (Wildman–Crippen LogP) is 4.18. The van der Waals surface area contributed by atoms with E-state index in [4.69, 9.17) is 0 Å². The Morgan fingerprint density at radius 1 is 0.370 bits per heavy atom. The van der Waals surface area contributed by atoms with Crippen LogP contribution >= 0.6 is 0 Å². The third kappa shape index (κ3) is 3.67. The van der Waals surface area contributed by atoms with Gasteiger partial charge in [-0.05, 0) is 15.6 Å². The van der Waals surface area contributed by atoms with Crippen molar-refractivity contribution >= 4 is 39.8 Å². The maximum atomic E-state index is 4.08. The summed E-state index contributed by atoms with van der Waals surface area (Å²) >= 11 is 0. The third-order valence-corrected chi connectivity index (χ3v) is 15.4. The molecule has 0 aliphatic rings. The Balaban J connectivity index is 4.12. The van der Waals surface area contributed by atoms with Gasteiger partial charge in [-0.15, -0.1) is 59.2 Å². The van der Waals surface area contributed by atoms with E-state index in [0.717, 1.165) is 0 Å². The van der Waals surface area contributed by atoms with Crippen LogP contribution in [-0.2, 0) is 0 Å². The smallest absolute Gasteiger partial charge is 0.106 e. The first-order valence-corrected chi connectivity index (χ1v) is 15.5. The zero-order valence-corrected chi connectivity index (χ0v) is 19.3. The second-order valence-electron chi connectivity index (χ2n) is 6.44. The molecular formula is C24H30Si3. The Kier molecular flexibility index (Phi) is 7.48. The summed E-state index contributed by atoms with van der Waals surface area (Å²) < 4.78 is 0. The van der Waals surface area contributed by atoms with Crippen LogP contribution in [0.2, 0.25) is 0 Å². The van der Waals surface area contributed by atoms with Crippen LogP contribution in [0, 0.1) is 0 Å². The molecule has 27 heavy (non-hydrogen) atoms. The van der Waals surface area contributed by atoms with E-state index in [1.807, 2.05) is 51.3 Å². The lowest BCUT2D eigenvalue weighted by Crippen LogP contribution is -2.55. The summed E-state index contributed by atoms with van der Waals surface area (Å²) in [6.07, 6.45) is 0. The summed E-state index contributed by atoms with van der Waals surface area (Å²) in [5, 5.41) is 3.54. The molecule has 1 aromatic rings. The van der Waals surface area contributed by atoms with Gasteiger partial charge in [0.15, 0.2) is 24.2 Å². The Morgan fingerprint density at radius 2 is 0.519 bits per heavy atom. The quantitative estimate of drug-likeness (QED) is 0.460. The summed E-state index contributed by atoms with van der Waals surface area (Å²) in [4.78, 5) is 0. The summed E-state index contributed by atoms with van der Waals surface area (Å²) in [6, 6.07) is 6.69. The maximum absolute atomic E-state index is 4.08. The van der Waals surface area contributed by atoms with Gasteiger partial charge >= 0.3 is 0 Å². The van der Waals surface area contributed by atoms with E-state index in [1.165, 1.54) is 15.6 Å². The Morgan fingerprint density at radius 3 is 0.630 bits per heavy atom. The van der Waals surface area contributed by atoms with Crippen molar-refractivity contribution in [1.82, 2.24) is 0 Å². The van der Waals surface area contributed by atoms with E-state index in [1.54, 1.807) is 0 Å². The summed E-state index contributed by atoms with van der Waals surface area (Å²) in [5.74, 6) is 0. The SMILES string of the molecule is C=C[Si](C=C)(C=C)c1cc([Si](C=C)(C=C)C=C)cc([Si](C=C)(C=C)C=C)c1. The van der Waals surface area contributed by atoms with Gasteiger partial charge in [-0.3, -0.25) is 0 Å². The highest BCUT2D eigenvalue weighted by molar-refractivity contribution is 7.08. The predicted molar refractivity (Wildman–Crippen MR) is 134 cm³/mol. The zero-order valence-electron chi connectivity index (χ0n) is 16.3. The lowest BCUT2D eigenvalue weighted by molar-refractivity contribution is 1.79. The van der Waals surface area contributed by atoms with Gasteiger partial charge in [0.2, 0.25) is 0 Å². The fraction of sp³-hybridized carbons (Fsp3) is 0. The molecule has 138 valence electrons. The topological polar surface area (TPSA) is 0 Å². The number of hydrogen-bond donors (Lipinski definition) is 0. The fourth-order valence-corrected chi connectivity index (χ4v) is 9.68. The molecule has 0 aromatic heterocycles. The standard InChI is InChI=1S/C24H30Si3/c1-10-25(11-2,12-3)22-19-23(26(13-4,14-5)15-6)21-24(20-22)27(16-7,17-8)18-9/h10-21H,1-9H2. The van der Waals surface area contributed by atoms with Crippen LogP contribution in [-0.4, -0.2) is 24.2 Å². The average Bonchev–Trinajstić information content (AvgIpc) is 2.73. The van der Waals surface area contributed by atoms with Crippen molar-refractivity contribution in [1.29, 1.82) is 0 Å². The third-order valence-electron chi connectivity index (χ3n) is 5.47. The molecule has 0 amide bonds. The lowest BCUT2D eigenvalue weighted by Gasteiger charge is -2.30. The monoisotopic (exact) mass is 402 g/mol. The second-order valence-corrected chi connectivity index (χ2v) is 17.4. The molecular weight excluding hydrogens is 373 g/mol. The van der Waals surface area contributed by atoms with Gasteiger partial charge in [0.25, 0.3) is 0 Å². The van der Waals surface area contributed by atoms with Crippen molar-refractivity contribution in [2.24, 2.45) is 0 Å². The molecule has 0 saturated carbocycles. The highest BCUT2D eigenvalue weighted by atomic mass is 28.3. The van der Waals surface area contributed by atoms with Crippen LogP contribution in [0.1, 0.15) is 0 Å². The molecule has 0 unspecified atom stereocenters. The molecule has 1 rings (SSSR count). The van der Waals surface area contributed by atoms with E-state index in [2.05, 4.69) is 77.4 Å². The van der Waals surface area contributed by atoms with Gasteiger partial charge in [-0.25, -0.2) is 0 Å². The molecule has 0 radical (unpaired) electrons. The van der Waals surface area contributed by atoms with E-state index >= 15 is 0 Å². The minimum Gasteiger partial charge on any atom is -0.106 e. The maximum Gasteiger partial charge on any atom is 0.156 e. The zero-order chi connectivity index (χ0) is 20.7. The number of benzene rings is 1. The van der Waals surface area contributed by atoms with Gasteiger partial charge in [0.1, 0.15) is 0 Å². The van der Waals surface area contributed by atoms with E-state index in [-0.39, 0.29) is 0 Å². The highest BCUT2D eigenvalue weighted by Crippen LogP contribution is 2.14. The highest BCUT2D eigenvalue weighted by Gasteiger charge is 2.34. The van der Waals surface area contributed by atoms with Crippen molar-refractivity contribution < 1.29 is 0 Å². The molecule has 0 saturated heterocycles. The molecule has 0 fully saturated rings. The average molecular weight is 403 g/mol. The molecule has 0 N–H and O–H groups in total. The van der Waals surface area contributed by atoms with E-state index < -0.39 is 24.2 Å². The van der Waals surface area contributed by atoms with Crippen LogP contribution < -0.4 is 15.6 Å². The van der Waals surface area contributed by atoms with Crippen LogP contribution in [0.25, 0.3) is 0 Å². The van der Waals surface area contributed by atoms with Gasteiger partial charge in [0, 0.05) is 0 Å². The van der Waals surface area contributed by atoms with Gasteiger partial charge in [0.05, 0.1) is 0 Å². The fourth-order valence-electron chi connectivity index (χ4n) is 3.19. The molecule has 0 atom stereocenters. The molecule has 0 aliphatic carbocycles. The first-order chi connectivity index (χ1) is 12.9. The van der Waals surface area contributed by atoms with Crippen molar-refractivity contribution in [2.75, 3.05) is 0 Å². The van der Waals surface area contributed by atoms with Gasteiger partial charge < -0.3 is 0 Å². The molecule has 0 bridgehead atoms. The number of rotatable bonds is 12. The van der Waals surface area contributed by atoms with Crippen LogP contribution in [0.4, 0.5) is 0 Å². The molecule has 0 nitrogen and oxygen atoms in total. The van der Waals surface area contributed by atoms with Gasteiger partial charge in [-0.1, -0.05) is 69.5 Å². The Labute approximate surface area is 168 Å². The molecule has 0 spiro atoms. The van der Waals surface area contributed by atoms with Crippen molar-refractivity contribution in [3.05, 3.63) is 129 Å². The van der Waals surface area contributed by atoms with Gasteiger partial charge in [-0.2, -0.15) is 0 Å². The van der Waals surface area contributed by atoms with Crippen molar-refractivity contribution in [3.63, 3.8) is 0 Å². The summed E-state index contributed by atoms with van der Waals surface area (Å²) in [7, 11) is -6.78. The second kappa shape index (κ2) is 8.95. The van der Waals surface area contributed by atoms with Crippen LogP contribution in [0.5, 0.6) is 0 Å². The lowest BCUT2D eigenvalue weighted by atomic mass is 10.3. The normalized spacial score (nSPS) is 11.6. The number of hydrogen-bond acceptors (Lipinski definition) is 0. The first kappa shape index (κ1) is 22.6. The minimum atomic E-state index is -2.26. The molecule has 0 aliphatic heterocycles. The Bertz CT molecular complexity index is 639. The van der Waals surface area contributed by atoms with E-state index in [9.17, 15) is 0 Å². The van der Waals surface area contributed by atoms with Crippen LogP contribution in [0.15, 0.2) is 129 Å². The van der Waals surface area contributed by atoms with Crippen molar-refractivity contribution in [3.8, 4) is 0 Å². The molecule has 3 heteroatoms. The first-order valence-electron chi connectivity index (χ1n) is 8.75. The largest absolute Gasteiger partial charge is 0.156 e. The minimum absolute atomic E-state index is 1.18. The van der Waals surface area contributed by atoms with Crippen LogP contribution in [0.3, 0.4) is 0 Å².